The summed E-state index contributed by atoms with van der Waals surface area (Å²) in [5.74, 6) is 1.46. The van der Waals surface area contributed by atoms with E-state index in [1.165, 1.54) is 5.56 Å². The molecule has 1 heterocycles. The molecule has 0 amide bonds. The van der Waals surface area contributed by atoms with Crippen LogP contribution in [0.25, 0.3) is 11.3 Å². The maximum Gasteiger partial charge on any atom is 0.214 e. The van der Waals surface area contributed by atoms with Crippen molar-refractivity contribution in [2.24, 2.45) is 5.92 Å². The van der Waals surface area contributed by atoms with E-state index in [4.69, 9.17) is 4.42 Å². The Morgan fingerprint density at radius 3 is 2.48 bits per heavy atom. The molecule has 1 saturated carbocycles. The van der Waals surface area contributed by atoms with E-state index < -0.39 is 10.0 Å². The lowest BCUT2D eigenvalue weighted by Gasteiger charge is -2.30. The lowest BCUT2D eigenvalue weighted by Crippen LogP contribution is -2.41. The first-order chi connectivity index (χ1) is 12.8. The van der Waals surface area contributed by atoms with Gasteiger partial charge in [-0.3, -0.25) is 0 Å². The van der Waals surface area contributed by atoms with Crippen LogP contribution in [0.2, 0.25) is 0 Å². The molecule has 2 aromatic rings. The molecule has 0 unspecified atom stereocenters. The molecule has 1 aliphatic carbocycles. The second kappa shape index (κ2) is 8.48. The molecule has 0 bridgehead atoms. The van der Waals surface area contributed by atoms with Crippen molar-refractivity contribution in [3.8, 4) is 11.3 Å². The van der Waals surface area contributed by atoms with Gasteiger partial charge < -0.3 is 9.73 Å². The van der Waals surface area contributed by atoms with E-state index in [1.54, 1.807) is 20.1 Å². The van der Waals surface area contributed by atoms with Crippen LogP contribution < -0.4 is 10.0 Å². The van der Waals surface area contributed by atoms with Crippen molar-refractivity contribution in [3.63, 3.8) is 0 Å². The van der Waals surface area contributed by atoms with Gasteiger partial charge in [-0.1, -0.05) is 0 Å². The summed E-state index contributed by atoms with van der Waals surface area (Å²) in [4.78, 5) is 0. The zero-order valence-electron chi connectivity index (χ0n) is 16.4. The molecule has 1 aromatic heterocycles. The molecule has 0 spiro atoms. The summed E-state index contributed by atoms with van der Waals surface area (Å²) in [6.45, 7) is 6.46. The molecular weight excluding hydrogens is 360 g/mol. The summed E-state index contributed by atoms with van der Waals surface area (Å²) in [5, 5.41) is 3.20. The summed E-state index contributed by atoms with van der Waals surface area (Å²) >= 11 is 0. The van der Waals surface area contributed by atoms with Gasteiger partial charge in [0.2, 0.25) is 10.0 Å². The highest BCUT2D eigenvalue weighted by Gasteiger charge is 2.26. The standard InChI is InChI=1S/C21H30N2O3S/c1-15(2)27(24,25)23-19-9-6-17(7-10-19)14-22-20-11-8-18(13-16(20)3)21-5-4-12-26-21/h4-5,8,11-13,15,17,19,22-23H,6-7,9-10,14H2,1-3H3/t17-,19-. The van der Waals surface area contributed by atoms with E-state index in [0.717, 1.165) is 49.2 Å². The fourth-order valence-corrected chi connectivity index (χ4v) is 4.54. The molecule has 0 atom stereocenters. The maximum absolute atomic E-state index is 12.0. The van der Waals surface area contributed by atoms with Crippen LogP contribution in [-0.4, -0.2) is 26.3 Å². The van der Waals surface area contributed by atoms with Crippen molar-refractivity contribution in [1.82, 2.24) is 4.72 Å². The van der Waals surface area contributed by atoms with Crippen LogP contribution in [0.1, 0.15) is 45.1 Å². The van der Waals surface area contributed by atoms with Crippen molar-refractivity contribution in [1.29, 1.82) is 0 Å². The van der Waals surface area contributed by atoms with Crippen LogP contribution in [0.5, 0.6) is 0 Å². The summed E-state index contributed by atoms with van der Waals surface area (Å²) in [6.07, 6.45) is 5.60. The normalized spacial score (nSPS) is 20.7. The Bertz CT molecular complexity index is 836. The number of sulfonamides is 1. The summed E-state index contributed by atoms with van der Waals surface area (Å²) < 4.78 is 32.3. The number of rotatable bonds is 7. The van der Waals surface area contributed by atoms with E-state index in [0.29, 0.717) is 5.92 Å². The molecule has 3 rings (SSSR count). The molecule has 1 aliphatic rings. The molecule has 1 fully saturated rings. The number of hydrogen-bond donors (Lipinski definition) is 2. The Labute approximate surface area is 162 Å². The summed E-state index contributed by atoms with van der Waals surface area (Å²) in [5.41, 5.74) is 3.43. The number of hydrogen-bond acceptors (Lipinski definition) is 4. The van der Waals surface area contributed by atoms with Crippen LogP contribution in [0.4, 0.5) is 5.69 Å². The number of anilines is 1. The third-order valence-corrected chi connectivity index (χ3v) is 7.31. The lowest BCUT2D eigenvalue weighted by atomic mass is 9.86. The molecular formula is C21H30N2O3S. The van der Waals surface area contributed by atoms with Gasteiger partial charge in [0.05, 0.1) is 11.5 Å². The van der Waals surface area contributed by atoms with E-state index in [-0.39, 0.29) is 11.3 Å². The zero-order chi connectivity index (χ0) is 19.4. The highest BCUT2D eigenvalue weighted by molar-refractivity contribution is 7.90. The molecule has 0 radical (unpaired) electrons. The highest BCUT2D eigenvalue weighted by Crippen LogP contribution is 2.28. The lowest BCUT2D eigenvalue weighted by molar-refractivity contribution is 0.323. The minimum absolute atomic E-state index is 0.0861. The van der Waals surface area contributed by atoms with Crippen LogP contribution in [0.15, 0.2) is 41.0 Å². The Morgan fingerprint density at radius 2 is 1.89 bits per heavy atom. The van der Waals surface area contributed by atoms with E-state index in [2.05, 4.69) is 35.2 Å². The molecule has 148 valence electrons. The molecule has 5 nitrogen and oxygen atoms in total. The van der Waals surface area contributed by atoms with Gasteiger partial charge in [0.25, 0.3) is 0 Å². The van der Waals surface area contributed by atoms with Crippen LogP contribution >= 0.6 is 0 Å². The Morgan fingerprint density at radius 1 is 1.15 bits per heavy atom. The molecule has 1 aromatic carbocycles. The maximum atomic E-state index is 12.0. The molecule has 0 aliphatic heterocycles. The summed E-state index contributed by atoms with van der Waals surface area (Å²) in [6, 6.07) is 10.3. The molecule has 0 saturated heterocycles. The van der Waals surface area contributed by atoms with Gasteiger partial charge in [-0.2, -0.15) is 0 Å². The Hall–Kier alpha value is -1.79. The Kier molecular flexibility index (Phi) is 6.27. The van der Waals surface area contributed by atoms with Crippen molar-refractivity contribution in [2.75, 3.05) is 11.9 Å². The number of furan rings is 1. The number of aryl methyl sites for hydroxylation is 1. The van der Waals surface area contributed by atoms with Crippen molar-refractivity contribution >= 4 is 15.7 Å². The van der Waals surface area contributed by atoms with Crippen LogP contribution in [-0.2, 0) is 10.0 Å². The second-order valence-corrected chi connectivity index (χ2v) is 10.1. The fraction of sp³-hybridized carbons (Fsp3) is 0.524. The van der Waals surface area contributed by atoms with E-state index in [9.17, 15) is 8.42 Å². The van der Waals surface area contributed by atoms with Crippen molar-refractivity contribution in [2.45, 2.75) is 57.7 Å². The first-order valence-corrected chi connectivity index (χ1v) is 11.3. The first-order valence-electron chi connectivity index (χ1n) is 9.74. The number of nitrogens with one attached hydrogen (secondary N) is 2. The van der Waals surface area contributed by atoms with Crippen molar-refractivity contribution < 1.29 is 12.8 Å². The van der Waals surface area contributed by atoms with Crippen molar-refractivity contribution in [3.05, 3.63) is 42.2 Å². The Balaban J connectivity index is 1.49. The monoisotopic (exact) mass is 390 g/mol. The van der Waals surface area contributed by atoms with Gasteiger partial charge >= 0.3 is 0 Å². The smallest absolute Gasteiger partial charge is 0.214 e. The minimum atomic E-state index is -3.17. The van der Waals surface area contributed by atoms with Crippen LogP contribution in [0, 0.1) is 12.8 Å². The highest BCUT2D eigenvalue weighted by atomic mass is 32.2. The van der Waals surface area contributed by atoms with E-state index in [1.807, 2.05) is 12.1 Å². The minimum Gasteiger partial charge on any atom is -0.464 e. The average molecular weight is 391 g/mol. The SMILES string of the molecule is Cc1cc(-c2ccco2)ccc1NC[C@H]1CC[C@H](NS(=O)(=O)C(C)C)CC1. The van der Waals surface area contributed by atoms with Gasteiger partial charge in [0.1, 0.15) is 5.76 Å². The number of benzene rings is 1. The predicted octanol–water partition coefficient (Wildman–Crippen LogP) is 4.55. The third-order valence-electron chi connectivity index (χ3n) is 5.41. The van der Waals surface area contributed by atoms with Gasteiger partial charge in [0.15, 0.2) is 0 Å². The topological polar surface area (TPSA) is 71.3 Å². The second-order valence-electron chi connectivity index (χ2n) is 7.82. The van der Waals surface area contributed by atoms with Gasteiger partial charge in [-0.25, -0.2) is 13.1 Å². The largest absolute Gasteiger partial charge is 0.464 e. The zero-order valence-corrected chi connectivity index (χ0v) is 17.2. The fourth-order valence-electron chi connectivity index (χ4n) is 3.57. The van der Waals surface area contributed by atoms with E-state index >= 15 is 0 Å². The average Bonchev–Trinajstić information content (AvgIpc) is 3.16. The van der Waals surface area contributed by atoms with Crippen LogP contribution in [0.3, 0.4) is 0 Å². The third kappa shape index (κ3) is 5.14. The predicted molar refractivity (Wildman–Crippen MR) is 110 cm³/mol. The van der Waals surface area contributed by atoms with Gasteiger partial charge in [-0.15, -0.1) is 0 Å². The van der Waals surface area contributed by atoms with Gasteiger partial charge in [0, 0.05) is 23.8 Å². The molecule has 27 heavy (non-hydrogen) atoms. The quantitative estimate of drug-likeness (QED) is 0.727. The van der Waals surface area contributed by atoms with Gasteiger partial charge in [-0.05, 0) is 88.3 Å². The first kappa shape index (κ1) is 20.0. The summed E-state index contributed by atoms with van der Waals surface area (Å²) in [7, 11) is -3.17. The molecule has 6 heteroatoms. The molecule has 2 N–H and O–H groups in total.